The summed E-state index contributed by atoms with van der Waals surface area (Å²) in [7, 11) is 0. The standard InChI is InChI=1S/C19H21N5O/c1-2-18-20-9-11-24(18)14-6-5-10-23(13-14)19(25)17-12-21-15-7-3-4-8-16(15)22-17/h3-4,7-9,11-12,14H,2,5-6,10,13H2,1H3/t14-/m0/s1. The van der Waals surface area contributed by atoms with Gasteiger partial charge in [0.15, 0.2) is 0 Å². The summed E-state index contributed by atoms with van der Waals surface area (Å²) >= 11 is 0. The molecule has 25 heavy (non-hydrogen) atoms. The first-order chi connectivity index (χ1) is 12.3. The van der Waals surface area contributed by atoms with E-state index in [2.05, 4.69) is 26.4 Å². The molecule has 3 aromatic rings. The van der Waals surface area contributed by atoms with Crippen LogP contribution in [0.2, 0.25) is 0 Å². The minimum absolute atomic E-state index is 0.0406. The van der Waals surface area contributed by atoms with Crippen molar-refractivity contribution in [2.24, 2.45) is 0 Å². The van der Waals surface area contributed by atoms with E-state index in [0.29, 0.717) is 12.2 Å². The molecule has 0 bridgehead atoms. The fourth-order valence-corrected chi connectivity index (χ4v) is 3.54. The summed E-state index contributed by atoms with van der Waals surface area (Å²) in [5.41, 5.74) is 1.98. The van der Waals surface area contributed by atoms with Crippen LogP contribution in [0.1, 0.15) is 42.1 Å². The number of imidazole rings is 1. The summed E-state index contributed by atoms with van der Waals surface area (Å²) in [6, 6.07) is 7.90. The number of likely N-dealkylation sites (tertiary alicyclic amines) is 1. The minimum atomic E-state index is -0.0406. The van der Waals surface area contributed by atoms with Gasteiger partial charge >= 0.3 is 0 Å². The Morgan fingerprint density at radius 3 is 2.92 bits per heavy atom. The topological polar surface area (TPSA) is 63.9 Å². The molecule has 1 aliphatic heterocycles. The number of hydrogen-bond donors (Lipinski definition) is 0. The Morgan fingerprint density at radius 1 is 1.24 bits per heavy atom. The van der Waals surface area contributed by atoms with E-state index in [-0.39, 0.29) is 11.9 Å². The molecule has 1 saturated heterocycles. The van der Waals surface area contributed by atoms with Crippen LogP contribution in [0.25, 0.3) is 11.0 Å². The maximum absolute atomic E-state index is 12.9. The molecule has 4 rings (SSSR count). The quantitative estimate of drug-likeness (QED) is 0.738. The number of amides is 1. The van der Waals surface area contributed by atoms with Crippen LogP contribution in [0.3, 0.4) is 0 Å². The maximum atomic E-state index is 12.9. The Hall–Kier alpha value is -2.76. The summed E-state index contributed by atoms with van der Waals surface area (Å²) in [6.45, 7) is 3.56. The lowest BCUT2D eigenvalue weighted by atomic mass is 10.0. The molecule has 1 aromatic carbocycles. The van der Waals surface area contributed by atoms with Gasteiger partial charge in [0.1, 0.15) is 11.5 Å². The zero-order valence-corrected chi connectivity index (χ0v) is 14.3. The normalized spacial score (nSPS) is 17.8. The highest BCUT2D eigenvalue weighted by molar-refractivity contribution is 5.93. The smallest absolute Gasteiger partial charge is 0.274 e. The number of benzene rings is 1. The number of piperidine rings is 1. The number of aromatic nitrogens is 4. The van der Waals surface area contributed by atoms with Crippen molar-refractivity contribution in [1.29, 1.82) is 0 Å². The van der Waals surface area contributed by atoms with E-state index in [0.717, 1.165) is 42.7 Å². The van der Waals surface area contributed by atoms with Gasteiger partial charge in [-0.25, -0.2) is 9.97 Å². The second kappa shape index (κ2) is 6.63. The van der Waals surface area contributed by atoms with Gasteiger partial charge in [-0.1, -0.05) is 19.1 Å². The van der Waals surface area contributed by atoms with Gasteiger partial charge in [-0.05, 0) is 25.0 Å². The predicted octanol–water partition coefficient (Wildman–Crippen LogP) is 2.87. The van der Waals surface area contributed by atoms with Crippen LogP contribution in [0.5, 0.6) is 0 Å². The van der Waals surface area contributed by atoms with Gasteiger partial charge < -0.3 is 9.47 Å². The Kier molecular flexibility index (Phi) is 4.17. The SMILES string of the molecule is CCc1nccn1[C@H]1CCCN(C(=O)c2cnc3ccccc3n2)C1. The Balaban J connectivity index is 1.56. The zero-order chi connectivity index (χ0) is 17.2. The monoisotopic (exact) mass is 335 g/mol. The lowest BCUT2D eigenvalue weighted by Gasteiger charge is -2.33. The van der Waals surface area contributed by atoms with Crippen molar-refractivity contribution >= 4 is 16.9 Å². The number of fused-ring (bicyclic) bond motifs is 1. The van der Waals surface area contributed by atoms with Gasteiger partial charge in [-0.3, -0.25) is 9.78 Å². The molecule has 0 unspecified atom stereocenters. The first-order valence-electron chi connectivity index (χ1n) is 8.79. The van der Waals surface area contributed by atoms with Gasteiger partial charge in [0.25, 0.3) is 5.91 Å². The number of rotatable bonds is 3. The zero-order valence-electron chi connectivity index (χ0n) is 14.3. The van der Waals surface area contributed by atoms with Crippen molar-refractivity contribution in [2.75, 3.05) is 13.1 Å². The summed E-state index contributed by atoms with van der Waals surface area (Å²) < 4.78 is 2.21. The lowest BCUT2D eigenvalue weighted by Crippen LogP contribution is -2.41. The van der Waals surface area contributed by atoms with E-state index in [1.807, 2.05) is 41.6 Å². The van der Waals surface area contributed by atoms with Crippen molar-refractivity contribution < 1.29 is 4.79 Å². The Labute approximate surface area is 146 Å². The van der Waals surface area contributed by atoms with Gasteiger partial charge in [0.05, 0.1) is 23.3 Å². The minimum Gasteiger partial charge on any atom is -0.335 e. The van der Waals surface area contributed by atoms with Crippen LogP contribution in [0.4, 0.5) is 0 Å². The van der Waals surface area contributed by atoms with Crippen molar-refractivity contribution in [3.05, 3.63) is 54.4 Å². The molecule has 1 amide bonds. The van der Waals surface area contributed by atoms with E-state index in [1.54, 1.807) is 6.20 Å². The number of carbonyl (C=O) groups excluding carboxylic acids is 1. The van der Waals surface area contributed by atoms with E-state index >= 15 is 0 Å². The fourth-order valence-electron chi connectivity index (χ4n) is 3.54. The molecule has 6 nitrogen and oxygen atoms in total. The first-order valence-corrected chi connectivity index (χ1v) is 8.79. The number of aryl methyl sites for hydroxylation is 1. The largest absolute Gasteiger partial charge is 0.335 e. The summed E-state index contributed by atoms with van der Waals surface area (Å²) in [5.74, 6) is 1.03. The van der Waals surface area contributed by atoms with Gasteiger partial charge in [-0.15, -0.1) is 0 Å². The van der Waals surface area contributed by atoms with Crippen LogP contribution in [0, 0.1) is 0 Å². The average molecular weight is 335 g/mol. The third kappa shape index (κ3) is 2.99. The molecule has 0 spiro atoms. The molecule has 1 atom stereocenters. The number of para-hydroxylation sites is 2. The van der Waals surface area contributed by atoms with Crippen molar-refractivity contribution in [3.63, 3.8) is 0 Å². The van der Waals surface area contributed by atoms with Gasteiger partial charge in [-0.2, -0.15) is 0 Å². The summed E-state index contributed by atoms with van der Waals surface area (Å²) in [4.78, 5) is 28.1. The van der Waals surface area contributed by atoms with Crippen molar-refractivity contribution in [3.8, 4) is 0 Å². The molecule has 0 saturated carbocycles. The number of carbonyl (C=O) groups is 1. The van der Waals surface area contributed by atoms with Gasteiger partial charge in [0, 0.05) is 31.9 Å². The Morgan fingerprint density at radius 2 is 2.08 bits per heavy atom. The summed E-state index contributed by atoms with van der Waals surface area (Å²) in [6.07, 6.45) is 8.40. The molecule has 3 heterocycles. The third-order valence-electron chi connectivity index (χ3n) is 4.81. The highest BCUT2D eigenvalue weighted by atomic mass is 16.2. The highest BCUT2D eigenvalue weighted by Crippen LogP contribution is 2.24. The average Bonchev–Trinajstić information content (AvgIpc) is 3.16. The highest BCUT2D eigenvalue weighted by Gasteiger charge is 2.27. The van der Waals surface area contributed by atoms with Gasteiger partial charge in [0.2, 0.25) is 0 Å². The third-order valence-corrected chi connectivity index (χ3v) is 4.81. The van der Waals surface area contributed by atoms with Crippen LogP contribution in [-0.2, 0) is 6.42 Å². The number of hydrogen-bond acceptors (Lipinski definition) is 4. The van der Waals surface area contributed by atoms with Crippen molar-refractivity contribution in [2.45, 2.75) is 32.2 Å². The van der Waals surface area contributed by atoms with Crippen molar-refractivity contribution in [1.82, 2.24) is 24.4 Å². The first kappa shape index (κ1) is 15.7. The molecule has 0 aliphatic carbocycles. The van der Waals surface area contributed by atoms with Crippen LogP contribution in [0.15, 0.2) is 42.9 Å². The Bertz CT molecular complexity index is 903. The molecule has 1 aliphatic rings. The maximum Gasteiger partial charge on any atom is 0.274 e. The van der Waals surface area contributed by atoms with Crippen LogP contribution in [-0.4, -0.2) is 43.4 Å². The second-order valence-electron chi connectivity index (χ2n) is 6.40. The number of nitrogens with zero attached hydrogens (tertiary/aromatic N) is 5. The van der Waals surface area contributed by atoms with Crippen LogP contribution >= 0.6 is 0 Å². The molecular weight excluding hydrogens is 314 g/mol. The van der Waals surface area contributed by atoms with E-state index in [1.165, 1.54) is 0 Å². The lowest BCUT2D eigenvalue weighted by molar-refractivity contribution is 0.0672. The predicted molar refractivity (Wildman–Crippen MR) is 95.3 cm³/mol. The van der Waals surface area contributed by atoms with E-state index in [9.17, 15) is 4.79 Å². The molecule has 1 fully saturated rings. The van der Waals surface area contributed by atoms with E-state index in [4.69, 9.17) is 0 Å². The fraction of sp³-hybridized carbons (Fsp3) is 0.368. The summed E-state index contributed by atoms with van der Waals surface area (Å²) in [5, 5.41) is 0. The van der Waals surface area contributed by atoms with E-state index < -0.39 is 0 Å². The molecule has 6 heteroatoms. The molecular formula is C19H21N5O. The second-order valence-corrected chi connectivity index (χ2v) is 6.40. The van der Waals surface area contributed by atoms with Crippen LogP contribution < -0.4 is 0 Å². The molecule has 2 aromatic heterocycles. The molecule has 0 N–H and O–H groups in total. The molecule has 0 radical (unpaired) electrons. The molecule has 128 valence electrons.